The highest BCUT2D eigenvalue weighted by Crippen LogP contribution is 2.13. The number of cyclic esters (lactones) is 1. The van der Waals surface area contributed by atoms with Crippen LogP contribution in [-0.2, 0) is 19.1 Å². The number of aryl methyl sites for hydroxylation is 1. The lowest BCUT2D eigenvalue weighted by molar-refractivity contribution is -0.161. The molecule has 0 bridgehead atoms. The molecular weight excluding hydrogens is 236 g/mol. The highest BCUT2D eigenvalue weighted by molar-refractivity contribution is 5.81. The topological polar surface area (TPSA) is 61.8 Å². The smallest absolute Gasteiger partial charge is 0.347 e. The second kappa shape index (κ2) is 5.53. The third kappa shape index (κ3) is 3.23. The largest absolute Gasteiger partial charge is 0.482 e. The summed E-state index contributed by atoms with van der Waals surface area (Å²) in [6, 6.07) is 7.34. The van der Waals surface area contributed by atoms with E-state index in [1.54, 1.807) is 6.07 Å². The van der Waals surface area contributed by atoms with E-state index >= 15 is 0 Å². The molecule has 0 amide bonds. The predicted molar refractivity (Wildman–Crippen MR) is 62.1 cm³/mol. The Balaban J connectivity index is 1.79. The number of hydrogen-bond acceptors (Lipinski definition) is 5. The van der Waals surface area contributed by atoms with Gasteiger partial charge in [0.1, 0.15) is 5.75 Å². The number of esters is 2. The van der Waals surface area contributed by atoms with E-state index in [2.05, 4.69) is 4.74 Å². The van der Waals surface area contributed by atoms with Crippen molar-refractivity contribution in [3.05, 3.63) is 29.8 Å². The Morgan fingerprint density at radius 2 is 2.33 bits per heavy atom. The normalized spacial score (nSPS) is 18.3. The van der Waals surface area contributed by atoms with Crippen LogP contribution in [0.25, 0.3) is 0 Å². The third-order valence-corrected chi connectivity index (χ3v) is 2.51. The number of carbonyl (C=O) groups is 2. The van der Waals surface area contributed by atoms with Crippen molar-refractivity contribution in [3.8, 4) is 5.75 Å². The second-order valence-corrected chi connectivity index (χ2v) is 4.04. The molecule has 1 aromatic carbocycles. The standard InChI is InChI=1S/C13H14O5/c1-9-3-2-4-10(7-9)17-8-12(14)18-11-5-6-16-13(11)15/h2-4,7,11H,5-6,8H2,1H3/t11-/m1/s1. The molecule has 1 atom stereocenters. The van der Waals surface area contributed by atoms with Gasteiger partial charge in [-0.3, -0.25) is 0 Å². The molecule has 1 saturated heterocycles. The van der Waals surface area contributed by atoms with Crippen LogP contribution in [0.15, 0.2) is 24.3 Å². The molecule has 0 spiro atoms. The molecule has 1 aromatic rings. The molecule has 96 valence electrons. The van der Waals surface area contributed by atoms with Crippen molar-refractivity contribution >= 4 is 11.9 Å². The minimum atomic E-state index is -0.779. The number of benzene rings is 1. The Morgan fingerprint density at radius 1 is 1.50 bits per heavy atom. The zero-order valence-corrected chi connectivity index (χ0v) is 10.0. The van der Waals surface area contributed by atoms with Gasteiger partial charge in [0.25, 0.3) is 0 Å². The summed E-state index contributed by atoms with van der Waals surface area (Å²) in [4.78, 5) is 22.5. The van der Waals surface area contributed by atoms with E-state index in [0.717, 1.165) is 5.56 Å². The fraction of sp³-hybridized carbons (Fsp3) is 0.385. The van der Waals surface area contributed by atoms with Gasteiger partial charge < -0.3 is 14.2 Å². The lowest BCUT2D eigenvalue weighted by Gasteiger charge is -2.09. The van der Waals surface area contributed by atoms with E-state index in [9.17, 15) is 9.59 Å². The summed E-state index contributed by atoms with van der Waals surface area (Å²) in [5.74, 6) is -0.458. The highest BCUT2D eigenvalue weighted by Gasteiger charge is 2.30. The zero-order valence-electron chi connectivity index (χ0n) is 10.0. The molecule has 2 rings (SSSR count). The number of ether oxygens (including phenoxy) is 3. The molecule has 1 aliphatic heterocycles. The van der Waals surface area contributed by atoms with Crippen LogP contribution in [0.2, 0.25) is 0 Å². The van der Waals surface area contributed by atoms with E-state index in [0.29, 0.717) is 18.8 Å². The molecule has 0 N–H and O–H groups in total. The summed E-state index contributed by atoms with van der Waals surface area (Å²) < 4.78 is 14.9. The van der Waals surface area contributed by atoms with Gasteiger partial charge in [0.15, 0.2) is 6.61 Å². The van der Waals surface area contributed by atoms with E-state index < -0.39 is 18.0 Å². The predicted octanol–water partition coefficient (Wildman–Crippen LogP) is 1.23. The van der Waals surface area contributed by atoms with Crippen LogP contribution in [0.3, 0.4) is 0 Å². The van der Waals surface area contributed by atoms with Gasteiger partial charge in [-0.15, -0.1) is 0 Å². The zero-order chi connectivity index (χ0) is 13.0. The summed E-state index contributed by atoms with van der Waals surface area (Å²) in [5, 5.41) is 0. The third-order valence-electron chi connectivity index (χ3n) is 2.51. The molecule has 1 fully saturated rings. The van der Waals surface area contributed by atoms with E-state index in [1.165, 1.54) is 0 Å². The molecule has 0 aromatic heterocycles. The highest BCUT2D eigenvalue weighted by atomic mass is 16.6. The molecular formula is C13H14O5. The van der Waals surface area contributed by atoms with E-state index in [4.69, 9.17) is 9.47 Å². The van der Waals surface area contributed by atoms with Crippen LogP contribution >= 0.6 is 0 Å². The van der Waals surface area contributed by atoms with Gasteiger partial charge in [0.05, 0.1) is 6.61 Å². The van der Waals surface area contributed by atoms with Crippen molar-refractivity contribution < 1.29 is 23.8 Å². The first kappa shape index (κ1) is 12.4. The Kier molecular flexibility index (Phi) is 3.82. The maximum Gasteiger partial charge on any atom is 0.347 e. The maximum absolute atomic E-state index is 11.4. The fourth-order valence-electron chi connectivity index (χ4n) is 1.62. The molecule has 18 heavy (non-hydrogen) atoms. The van der Waals surface area contributed by atoms with Crippen molar-refractivity contribution in [3.63, 3.8) is 0 Å². The van der Waals surface area contributed by atoms with Crippen LogP contribution in [-0.4, -0.2) is 31.3 Å². The monoisotopic (exact) mass is 250 g/mol. The van der Waals surface area contributed by atoms with Crippen LogP contribution in [0.1, 0.15) is 12.0 Å². The summed E-state index contributed by atoms with van der Waals surface area (Å²) in [6.45, 7) is 2.02. The fourth-order valence-corrected chi connectivity index (χ4v) is 1.62. The quantitative estimate of drug-likeness (QED) is 0.752. The average molecular weight is 250 g/mol. The molecule has 1 heterocycles. The average Bonchev–Trinajstić information content (AvgIpc) is 2.73. The Hall–Kier alpha value is -2.04. The van der Waals surface area contributed by atoms with E-state index in [1.807, 2.05) is 25.1 Å². The molecule has 0 saturated carbocycles. The van der Waals surface area contributed by atoms with Crippen molar-refractivity contribution in [1.29, 1.82) is 0 Å². The molecule has 5 nitrogen and oxygen atoms in total. The first-order valence-electron chi connectivity index (χ1n) is 5.71. The van der Waals surface area contributed by atoms with Gasteiger partial charge in [-0.25, -0.2) is 9.59 Å². The van der Waals surface area contributed by atoms with Gasteiger partial charge in [-0.2, -0.15) is 0 Å². The van der Waals surface area contributed by atoms with Crippen molar-refractivity contribution in [2.24, 2.45) is 0 Å². The molecule has 1 aliphatic rings. The van der Waals surface area contributed by atoms with Gasteiger partial charge >= 0.3 is 11.9 Å². The lowest BCUT2D eigenvalue weighted by atomic mass is 10.2. The second-order valence-electron chi connectivity index (χ2n) is 4.04. The summed E-state index contributed by atoms with van der Waals surface area (Å²) in [5.41, 5.74) is 1.04. The number of hydrogen-bond donors (Lipinski definition) is 0. The first-order valence-corrected chi connectivity index (χ1v) is 5.71. The van der Waals surface area contributed by atoms with Crippen molar-refractivity contribution in [2.75, 3.05) is 13.2 Å². The Labute approximate surface area is 105 Å². The van der Waals surface area contributed by atoms with Gasteiger partial charge in [0, 0.05) is 6.42 Å². The molecule has 0 radical (unpaired) electrons. The molecule has 5 heteroatoms. The summed E-state index contributed by atoms with van der Waals surface area (Å²) >= 11 is 0. The van der Waals surface area contributed by atoms with Gasteiger partial charge in [0.2, 0.25) is 6.10 Å². The maximum atomic E-state index is 11.4. The molecule has 0 aliphatic carbocycles. The minimum Gasteiger partial charge on any atom is -0.482 e. The van der Waals surface area contributed by atoms with E-state index in [-0.39, 0.29) is 6.61 Å². The van der Waals surface area contributed by atoms with Crippen LogP contribution in [0, 0.1) is 6.92 Å². The SMILES string of the molecule is Cc1cccc(OCC(=O)O[C@@H]2CCOC2=O)c1. The van der Waals surface area contributed by atoms with Gasteiger partial charge in [-0.05, 0) is 24.6 Å². The van der Waals surface area contributed by atoms with Crippen LogP contribution in [0.4, 0.5) is 0 Å². The Morgan fingerprint density at radius 3 is 3.00 bits per heavy atom. The van der Waals surface area contributed by atoms with Crippen LogP contribution < -0.4 is 4.74 Å². The number of carbonyl (C=O) groups excluding carboxylic acids is 2. The van der Waals surface area contributed by atoms with Gasteiger partial charge in [-0.1, -0.05) is 12.1 Å². The Bertz CT molecular complexity index is 454. The minimum absolute atomic E-state index is 0.215. The van der Waals surface area contributed by atoms with Crippen molar-refractivity contribution in [1.82, 2.24) is 0 Å². The first-order chi connectivity index (χ1) is 8.65. The molecule has 0 unspecified atom stereocenters. The summed E-state index contributed by atoms with van der Waals surface area (Å²) in [7, 11) is 0. The van der Waals surface area contributed by atoms with Crippen molar-refractivity contribution in [2.45, 2.75) is 19.4 Å². The summed E-state index contributed by atoms with van der Waals surface area (Å²) in [6.07, 6.45) is -0.367. The van der Waals surface area contributed by atoms with Crippen LogP contribution in [0.5, 0.6) is 5.75 Å². The lowest BCUT2D eigenvalue weighted by Crippen LogP contribution is -2.26. The number of rotatable bonds is 4.